The maximum atomic E-state index is 14.0. The van der Waals surface area contributed by atoms with E-state index < -0.39 is 5.60 Å². The van der Waals surface area contributed by atoms with Gasteiger partial charge in [0.15, 0.2) is 0 Å². The molecule has 1 aromatic rings. The zero-order valence-electron chi connectivity index (χ0n) is 11.6. The molecule has 1 aromatic carbocycles. The average Bonchev–Trinajstić information content (AvgIpc) is 2.26. The van der Waals surface area contributed by atoms with Crippen LogP contribution in [-0.4, -0.2) is 30.8 Å². The van der Waals surface area contributed by atoms with Crippen LogP contribution >= 0.6 is 0 Å². The quantitative estimate of drug-likeness (QED) is 0.816. The van der Waals surface area contributed by atoms with E-state index in [2.05, 4.69) is 5.32 Å². The molecule has 0 amide bonds. The zero-order chi connectivity index (χ0) is 13.8. The molecule has 0 aromatic heterocycles. The van der Waals surface area contributed by atoms with Gasteiger partial charge in [-0.1, -0.05) is 12.1 Å². The molecule has 0 heterocycles. The first-order valence-electron chi connectivity index (χ1n) is 6.28. The van der Waals surface area contributed by atoms with Crippen LogP contribution in [0, 0.1) is 5.82 Å². The largest absolute Gasteiger partial charge is 0.389 e. The highest BCUT2D eigenvalue weighted by atomic mass is 19.1. The monoisotopic (exact) mass is 254 g/mol. The van der Waals surface area contributed by atoms with E-state index in [1.54, 1.807) is 19.9 Å². The summed E-state index contributed by atoms with van der Waals surface area (Å²) in [5.41, 5.74) is 0.634. The summed E-state index contributed by atoms with van der Waals surface area (Å²) in [7, 11) is 1.83. The van der Waals surface area contributed by atoms with Crippen molar-refractivity contribution < 1.29 is 9.50 Å². The van der Waals surface area contributed by atoms with E-state index in [0.717, 1.165) is 5.56 Å². The first kappa shape index (κ1) is 14.9. The van der Waals surface area contributed by atoms with Crippen LogP contribution in [0.4, 0.5) is 10.1 Å². The number of benzene rings is 1. The minimum absolute atomic E-state index is 0.242. The van der Waals surface area contributed by atoms with Gasteiger partial charge in [0.05, 0.1) is 11.3 Å². The van der Waals surface area contributed by atoms with Gasteiger partial charge in [-0.05, 0) is 39.4 Å². The molecule has 3 nitrogen and oxygen atoms in total. The van der Waals surface area contributed by atoms with E-state index >= 15 is 0 Å². The number of halogens is 1. The lowest BCUT2D eigenvalue weighted by Crippen LogP contribution is -2.39. The van der Waals surface area contributed by atoms with Crippen LogP contribution in [-0.2, 0) is 6.54 Å². The Kier molecular flexibility index (Phi) is 5.11. The topological polar surface area (TPSA) is 35.5 Å². The molecule has 0 aliphatic carbocycles. The van der Waals surface area contributed by atoms with Crippen LogP contribution in [0.1, 0.15) is 26.3 Å². The molecule has 0 saturated heterocycles. The highest BCUT2D eigenvalue weighted by Gasteiger charge is 2.21. The number of likely N-dealkylation sites (N-methyl/N-ethyl adjacent to an activating group) is 1. The molecule has 0 spiro atoms. The Morgan fingerprint density at radius 1 is 1.39 bits per heavy atom. The summed E-state index contributed by atoms with van der Waals surface area (Å²) >= 11 is 0. The summed E-state index contributed by atoms with van der Waals surface area (Å²) in [6, 6.07) is 5.08. The zero-order valence-corrected chi connectivity index (χ0v) is 11.6. The third-order valence-electron chi connectivity index (χ3n) is 2.71. The maximum Gasteiger partial charge on any atom is 0.146 e. The van der Waals surface area contributed by atoms with E-state index in [-0.39, 0.29) is 5.82 Å². The van der Waals surface area contributed by atoms with Gasteiger partial charge in [-0.3, -0.25) is 0 Å². The highest BCUT2D eigenvalue weighted by Crippen LogP contribution is 2.25. The van der Waals surface area contributed by atoms with Gasteiger partial charge < -0.3 is 15.3 Å². The van der Waals surface area contributed by atoms with E-state index in [4.69, 9.17) is 0 Å². The van der Waals surface area contributed by atoms with Crippen molar-refractivity contribution in [3.8, 4) is 0 Å². The number of nitrogens with one attached hydrogen (secondary N) is 1. The van der Waals surface area contributed by atoms with Gasteiger partial charge in [0.1, 0.15) is 5.82 Å². The maximum absolute atomic E-state index is 14.0. The first-order valence-corrected chi connectivity index (χ1v) is 6.28. The lowest BCUT2D eigenvalue weighted by atomic mass is 10.1. The smallest absolute Gasteiger partial charge is 0.146 e. The van der Waals surface area contributed by atoms with Crippen LogP contribution in [0.25, 0.3) is 0 Å². The summed E-state index contributed by atoms with van der Waals surface area (Å²) in [6.07, 6.45) is 0. The minimum Gasteiger partial charge on any atom is -0.389 e. The highest BCUT2D eigenvalue weighted by molar-refractivity contribution is 5.55. The lowest BCUT2D eigenvalue weighted by molar-refractivity contribution is 0.0874. The fourth-order valence-corrected chi connectivity index (χ4v) is 2.06. The second kappa shape index (κ2) is 6.16. The van der Waals surface area contributed by atoms with Crippen molar-refractivity contribution in [3.05, 3.63) is 29.6 Å². The van der Waals surface area contributed by atoms with Crippen LogP contribution in [0.15, 0.2) is 18.2 Å². The molecule has 0 aliphatic heterocycles. The van der Waals surface area contributed by atoms with Crippen LogP contribution in [0.5, 0.6) is 0 Å². The third-order valence-corrected chi connectivity index (χ3v) is 2.71. The molecule has 0 atom stereocenters. The fraction of sp³-hybridized carbons (Fsp3) is 0.571. The summed E-state index contributed by atoms with van der Waals surface area (Å²) < 4.78 is 14.0. The van der Waals surface area contributed by atoms with Crippen LogP contribution in [0.3, 0.4) is 0 Å². The predicted octanol–water partition coefficient (Wildman–Crippen LogP) is 2.14. The third kappa shape index (κ3) is 3.96. The summed E-state index contributed by atoms with van der Waals surface area (Å²) in [4.78, 5) is 1.88. The number of nitrogens with zero attached hydrogens (tertiary/aromatic N) is 1. The Hall–Kier alpha value is -1.13. The number of hydrogen-bond acceptors (Lipinski definition) is 3. The van der Waals surface area contributed by atoms with Crippen LogP contribution < -0.4 is 10.2 Å². The van der Waals surface area contributed by atoms with Gasteiger partial charge in [-0.2, -0.15) is 0 Å². The minimum atomic E-state index is -0.852. The first-order chi connectivity index (χ1) is 8.39. The average molecular weight is 254 g/mol. The van der Waals surface area contributed by atoms with Crippen molar-refractivity contribution in [2.75, 3.05) is 25.0 Å². The van der Waals surface area contributed by atoms with Crippen molar-refractivity contribution in [2.45, 2.75) is 32.9 Å². The molecule has 18 heavy (non-hydrogen) atoms. The molecule has 0 radical (unpaired) electrons. The Morgan fingerprint density at radius 3 is 2.56 bits per heavy atom. The number of para-hydroxylation sites is 1. The van der Waals surface area contributed by atoms with E-state index in [0.29, 0.717) is 25.3 Å². The van der Waals surface area contributed by atoms with E-state index in [1.165, 1.54) is 6.07 Å². The van der Waals surface area contributed by atoms with Crippen molar-refractivity contribution in [1.29, 1.82) is 0 Å². The van der Waals surface area contributed by atoms with Crippen molar-refractivity contribution >= 4 is 5.69 Å². The molecule has 4 heteroatoms. The van der Waals surface area contributed by atoms with Gasteiger partial charge in [0, 0.05) is 19.6 Å². The van der Waals surface area contributed by atoms with Gasteiger partial charge >= 0.3 is 0 Å². The molecule has 1 rings (SSSR count). The van der Waals surface area contributed by atoms with E-state index in [9.17, 15) is 9.50 Å². The van der Waals surface area contributed by atoms with Gasteiger partial charge in [-0.25, -0.2) is 4.39 Å². The van der Waals surface area contributed by atoms with E-state index in [1.807, 2.05) is 24.9 Å². The second-order valence-electron chi connectivity index (χ2n) is 5.10. The van der Waals surface area contributed by atoms with Gasteiger partial charge in [-0.15, -0.1) is 0 Å². The molecule has 0 aliphatic rings. The van der Waals surface area contributed by atoms with Crippen LogP contribution in [0.2, 0.25) is 0 Å². The fourth-order valence-electron chi connectivity index (χ4n) is 2.06. The number of anilines is 1. The molecule has 0 fully saturated rings. The number of aliphatic hydroxyl groups is 1. The predicted molar refractivity (Wildman–Crippen MR) is 73.3 cm³/mol. The molecule has 0 unspecified atom stereocenters. The normalized spacial score (nSPS) is 11.7. The van der Waals surface area contributed by atoms with Gasteiger partial charge in [0.25, 0.3) is 0 Å². The Balaban J connectivity index is 3.11. The molecule has 0 saturated carbocycles. The standard InChI is InChI=1S/C14H23FN2O/c1-5-17(10-14(2,3)18)13-11(9-16-4)7-6-8-12(13)15/h6-8,16,18H,5,9-10H2,1-4H3. The van der Waals surface area contributed by atoms with Gasteiger partial charge in [0.2, 0.25) is 0 Å². The summed E-state index contributed by atoms with van der Waals surface area (Å²) in [5.74, 6) is -0.242. The molecular weight excluding hydrogens is 231 g/mol. The summed E-state index contributed by atoms with van der Waals surface area (Å²) in [5, 5.41) is 13.0. The number of rotatable bonds is 6. The second-order valence-corrected chi connectivity index (χ2v) is 5.10. The Labute approximate surface area is 109 Å². The SMILES string of the molecule is CCN(CC(C)(C)O)c1c(F)cccc1CNC. The molecule has 102 valence electrons. The Bertz CT molecular complexity index is 388. The molecule has 0 bridgehead atoms. The van der Waals surface area contributed by atoms with Crippen molar-refractivity contribution in [1.82, 2.24) is 5.32 Å². The molecule has 2 N–H and O–H groups in total. The summed E-state index contributed by atoms with van der Waals surface area (Å²) in [6.45, 7) is 7.09. The Morgan fingerprint density at radius 2 is 2.06 bits per heavy atom. The van der Waals surface area contributed by atoms with Crippen molar-refractivity contribution in [2.24, 2.45) is 0 Å². The van der Waals surface area contributed by atoms with Crippen molar-refractivity contribution in [3.63, 3.8) is 0 Å². The number of hydrogen-bond donors (Lipinski definition) is 2. The lowest BCUT2D eigenvalue weighted by Gasteiger charge is -2.31. The molecular formula is C14H23FN2O.